The van der Waals surface area contributed by atoms with Crippen LogP contribution in [-0.4, -0.2) is 11.0 Å². The Morgan fingerprint density at radius 3 is 2.10 bits per heavy atom. The van der Waals surface area contributed by atoms with Crippen molar-refractivity contribution < 1.29 is 9.90 Å². The number of phenols is 1. The van der Waals surface area contributed by atoms with Crippen molar-refractivity contribution in [1.29, 1.82) is 0 Å². The van der Waals surface area contributed by atoms with Crippen molar-refractivity contribution in [3.05, 3.63) is 58.1 Å². The molecule has 3 heteroatoms. The minimum atomic E-state index is -0.150. The normalized spacial score (nSPS) is 10.4. The van der Waals surface area contributed by atoms with Gasteiger partial charge in [-0.15, -0.1) is 0 Å². The van der Waals surface area contributed by atoms with E-state index in [-0.39, 0.29) is 11.7 Å². The van der Waals surface area contributed by atoms with E-state index < -0.39 is 0 Å². The van der Waals surface area contributed by atoms with Crippen molar-refractivity contribution in [2.75, 3.05) is 5.32 Å². The fraction of sp³-hybridized carbons (Fsp3) is 0.235. The minimum absolute atomic E-state index is 0.150. The number of amides is 1. The first kappa shape index (κ1) is 14.1. The lowest BCUT2D eigenvalue weighted by atomic mass is 9.99. The third-order valence-corrected chi connectivity index (χ3v) is 3.37. The highest BCUT2D eigenvalue weighted by molar-refractivity contribution is 6.06. The molecule has 0 bridgehead atoms. The molecule has 104 valence electrons. The lowest BCUT2D eigenvalue weighted by Gasteiger charge is -2.12. The molecule has 2 rings (SSSR count). The molecule has 0 fully saturated rings. The molecule has 2 aromatic carbocycles. The molecule has 0 unspecified atom stereocenters. The monoisotopic (exact) mass is 269 g/mol. The van der Waals surface area contributed by atoms with Crippen LogP contribution in [-0.2, 0) is 0 Å². The van der Waals surface area contributed by atoms with Crippen molar-refractivity contribution in [2.45, 2.75) is 27.7 Å². The minimum Gasteiger partial charge on any atom is -0.508 e. The van der Waals surface area contributed by atoms with Gasteiger partial charge in [0, 0.05) is 17.3 Å². The third kappa shape index (κ3) is 2.82. The highest BCUT2D eigenvalue weighted by Gasteiger charge is 2.13. The van der Waals surface area contributed by atoms with Crippen LogP contribution in [0.4, 0.5) is 5.69 Å². The van der Waals surface area contributed by atoms with Crippen LogP contribution in [0.15, 0.2) is 30.3 Å². The number of anilines is 1. The molecular weight excluding hydrogens is 250 g/mol. The maximum atomic E-state index is 12.4. The number of aryl methyl sites for hydroxylation is 4. The summed E-state index contributed by atoms with van der Waals surface area (Å²) in [7, 11) is 0. The summed E-state index contributed by atoms with van der Waals surface area (Å²) in [4.78, 5) is 12.4. The molecule has 0 aromatic heterocycles. The number of phenolic OH excluding ortho intramolecular Hbond substituents is 1. The molecule has 0 aliphatic rings. The van der Waals surface area contributed by atoms with Gasteiger partial charge in [0.05, 0.1) is 0 Å². The first-order valence-electron chi connectivity index (χ1n) is 6.57. The van der Waals surface area contributed by atoms with Gasteiger partial charge < -0.3 is 10.4 Å². The van der Waals surface area contributed by atoms with E-state index in [2.05, 4.69) is 5.32 Å². The Morgan fingerprint density at radius 2 is 1.55 bits per heavy atom. The van der Waals surface area contributed by atoms with E-state index in [1.54, 1.807) is 18.2 Å². The summed E-state index contributed by atoms with van der Waals surface area (Å²) in [5.74, 6) is 0.0309. The molecule has 0 heterocycles. The van der Waals surface area contributed by atoms with Crippen molar-refractivity contribution >= 4 is 11.6 Å². The van der Waals surface area contributed by atoms with Crippen molar-refractivity contribution in [3.63, 3.8) is 0 Å². The molecule has 0 aliphatic carbocycles. The molecule has 2 aromatic rings. The molecule has 0 radical (unpaired) electrons. The number of hydrogen-bond donors (Lipinski definition) is 2. The maximum absolute atomic E-state index is 12.4. The zero-order chi connectivity index (χ0) is 14.9. The van der Waals surface area contributed by atoms with Crippen LogP contribution in [0.25, 0.3) is 0 Å². The predicted molar refractivity (Wildman–Crippen MR) is 81.5 cm³/mol. The standard InChI is InChI=1S/C17H19NO2/c1-10-7-12(3)16(13(4)8-10)17(20)18-14-6-5-11(2)15(19)9-14/h5-9,19H,1-4H3,(H,18,20). The summed E-state index contributed by atoms with van der Waals surface area (Å²) in [6.07, 6.45) is 0. The summed E-state index contributed by atoms with van der Waals surface area (Å²) in [6.45, 7) is 7.69. The molecule has 3 nitrogen and oxygen atoms in total. The summed E-state index contributed by atoms with van der Waals surface area (Å²) in [6, 6.07) is 9.11. The summed E-state index contributed by atoms with van der Waals surface area (Å²) in [5, 5.41) is 12.5. The Hall–Kier alpha value is -2.29. The Kier molecular flexibility index (Phi) is 3.79. The van der Waals surface area contributed by atoms with Crippen molar-refractivity contribution in [1.82, 2.24) is 0 Å². The Morgan fingerprint density at radius 1 is 0.950 bits per heavy atom. The zero-order valence-corrected chi connectivity index (χ0v) is 12.2. The van der Waals surface area contributed by atoms with Crippen LogP contribution in [0.3, 0.4) is 0 Å². The van der Waals surface area contributed by atoms with Gasteiger partial charge in [0.25, 0.3) is 5.91 Å². The predicted octanol–water partition coefficient (Wildman–Crippen LogP) is 3.88. The van der Waals surface area contributed by atoms with E-state index in [1.807, 2.05) is 39.8 Å². The van der Waals surface area contributed by atoms with Gasteiger partial charge in [-0.1, -0.05) is 23.8 Å². The van der Waals surface area contributed by atoms with E-state index in [9.17, 15) is 9.90 Å². The van der Waals surface area contributed by atoms with Gasteiger partial charge in [0.1, 0.15) is 5.75 Å². The van der Waals surface area contributed by atoms with Gasteiger partial charge in [0.15, 0.2) is 0 Å². The van der Waals surface area contributed by atoms with Crippen molar-refractivity contribution in [3.8, 4) is 5.75 Å². The average Bonchev–Trinajstić information content (AvgIpc) is 2.32. The number of aromatic hydroxyl groups is 1. The average molecular weight is 269 g/mol. The third-order valence-electron chi connectivity index (χ3n) is 3.37. The largest absolute Gasteiger partial charge is 0.508 e. The smallest absolute Gasteiger partial charge is 0.256 e. The van der Waals surface area contributed by atoms with E-state index >= 15 is 0 Å². The maximum Gasteiger partial charge on any atom is 0.256 e. The van der Waals surface area contributed by atoms with Gasteiger partial charge in [-0.3, -0.25) is 4.79 Å². The van der Waals surface area contributed by atoms with E-state index in [1.165, 1.54) is 0 Å². The van der Waals surface area contributed by atoms with Crippen LogP contribution >= 0.6 is 0 Å². The zero-order valence-electron chi connectivity index (χ0n) is 12.2. The van der Waals surface area contributed by atoms with Gasteiger partial charge in [-0.2, -0.15) is 0 Å². The molecule has 0 spiro atoms. The fourth-order valence-corrected chi connectivity index (χ4v) is 2.42. The molecule has 0 saturated heterocycles. The molecular formula is C17H19NO2. The summed E-state index contributed by atoms with van der Waals surface area (Å²) < 4.78 is 0. The second kappa shape index (κ2) is 5.37. The number of carbonyl (C=O) groups is 1. The second-order valence-corrected chi connectivity index (χ2v) is 5.23. The highest BCUT2D eigenvalue weighted by Crippen LogP contribution is 2.23. The van der Waals surface area contributed by atoms with E-state index in [4.69, 9.17) is 0 Å². The van der Waals surface area contributed by atoms with Gasteiger partial charge in [-0.25, -0.2) is 0 Å². The summed E-state index contributed by atoms with van der Waals surface area (Å²) in [5.41, 5.74) is 5.12. The lowest BCUT2D eigenvalue weighted by molar-refractivity contribution is 0.102. The Bertz CT molecular complexity index is 652. The van der Waals surface area contributed by atoms with Crippen LogP contribution in [0, 0.1) is 27.7 Å². The quantitative estimate of drug-likeness (QED) is 0.869. The van der Waals surface area contributed by atoms with Crippen molar-refractivity contribution in [2.24, 2.45) is 0 Å². The first-order chi connectivity index (χ1) is 9.38. The first-order valence-corrected chi connectivity index (χ1v) is 6.57. The molecule has 1 amide bonds. The van der Waals surface area contributed by atoms with Gasteiger partial charge in [0.2, 0.25) is 0 Å². The van der Waals surface area contributed by atoms with Crippen LogP contribution in [0.5, 0.6) is 5.75 Å². The van der Waals surface area contributed by atoms with Crippen LogP contribution in [0.1, 0.15) is 32.6 Å². The van der Waals surface area contributed by atoms with E-state index in [0.29, 0.717) is 11.3 Å². The van der Waals surface area contributed by atoms with Crippen LogP contribution < -0.4 is 5.32 Å². The SMILES string of the molecule is Cc1cc(C)c(C(=O)Nc2ccc(C)c(O)c2)c(C)c1. The number of rotatable bonds is 2. The molecule has 0 saturated carbocycles. The Labute approximate surface area is 119 Å². The number of hydrogen-bond acceptors (Lipinski definition) is 2. The number of carbonyl (C=O) groups excluding carboxylic acids is 1. The topological polar surface area (TPSA) is 49.3 Å². The molecule has 2 N–H and O–H groups in total. The second-order valence-electron chi connectivity index (χ2n) is 5.23. The molecule has 0 atom stereocenters. The van der Waals surface area contributed by atoms with E-state index in [0.717, 1.165) is 22.3 Å². The summed E-state index contributed by atoms with van der Waals surface area (Å²) >= 11 is 0. The van der Waals surface area contributed by atoms with Gasteiger partial charge >= 0.3 is 0 Å². The number of benzene rings is 2. The lowest BCUT2D eigenvalue weighted by Crippen LogP contribution is -2.15. The Balaban J connectivity index is 2.31. The van der Waals surface area contributed by atoms with Crippen LogP contribution in [0.2, 0.25) is 0 Å². The molecule has 20 heavy (non-hydrogen) atoms. The molecule has 0 aliphatic heterocycles. The fourth-order valence-electron chi connectivity index (χ4n) is 2.42. The van der Waals surface area contributed by atoms with Gasteiger partial charge in [-0.05, 0) is 50.5 Å². The number of nitrogens with one attached hydrogen (secondary N) is 1. The highest BCUT2D eigenvalue weighted by atomic mass is 16.3.